The Balaban J connectivity index is 1.88. The normalized spacial score (nSPS) is 11.9. The van der Waals surface area contributed by atoms with Gasteiger partial charge in [0.25, 0.3) is 0 Å². The van der Waals surface area contributed by atoms with Crippen LogP contribution < -0.4 is 0 Å². The molecule has 0 saturated carbocycles. The number of unbranched alkanes of at least 4 members (excludes halogenated alkanes) is 52. The van der Waals surface area contributed by atoms with Crippen molar-refractivity contribution in [3.8, 4) is 24.7 Å². The fourth-order valence-electron chi connectivity index (χ4n) is 10.7. The summed E-state index contributed by atoms with van der Waals surface area (Å²) in [6.07, 6.45) is 85.6. The highest BCUT2D eigenvalue weighted by Gasteiger charge is 2.11. The van der Waals surface area contributed by atoms with Gasteiger partial charge >= 0.3 is 0 Å². The zero-order valence-corrected chi connectivity index (χ0v) is 49.1. The Morgan fingerprint density at radius 2 is 0.507 bits per heavy atom. The number of ether oxygens (including phenoxy) is 3. The van der Waals surface area contributed by atoms with Crippen LogP contribution >= 0.6 is 0 Å². The first kappa shape index (κ1) is 69.2. The smallest absolute Gasteiger partial charge is 0.104 e. The zero-order chi connectivity index (χ0) is 51.9. The molecule has 0 spiro atoms. The number of rotatable bonds is 63. The van der Waals surface area contributed by atoms with E-state index in [4.69, 9.17) is 27.1 Å². The minimum Gasteiger partial charge on any atom is -0.379 e. The molecule has 0 aromatic heterocycles. The fourth-order valence-corrected chi connectivity index (χ4v) is 10.7. The first-order chi connectivity index (χ1) is 36.4. The Hall–Kier alpha value is -1.78. The van der Waals surface area contributed by atoms with Gasteiger partial charge in [0.1, 0.15) is 6.10 Å². The summed E-state index contributed by atoms with van der Waals surface area (Å²) in [5, 5.41) is 0. The van der Waals surface area contributed by atoms with Gasteiger partial charge in [-0.05, 0) is 31.2 Å². The zero-order valence-electron chi connectivity index (χ0n) is 49.1. The fraction of sp³-hybridized carbons (Fsp3) is 0.857. The predicted molar refractivity (Wildman–Crippen MR) is 324 cm³/mol. The van der Waals surface area contributed by atoms with Crippen molar-refractivity contribution in [3.05, 3.63) is 35.9 Å². The summed E-state index contributed by atoms with van der Waals surface area (Å²) in [7, 11) is 0. The second kappa shape index (κ2) is 62.8. The predicted octanol–water partition coefficient (Wildman–Crippen LogP) is 22.9. The molecule has 1 unspecified atom stereocenters. The first-order valence-corrected chi connectivity index (χ1v) is 33.0. The summed E-state index contributed by atoms with van der Waals surface area (Å²) in [4.78, 5) is 0. The number of terminal acetylenes is 2. The molecule has 424 valence electrons. The van der Waals surface area contributed by atoms with Gasteiger partial charge in [0.2, 0.25) is 0 Å². The molecule has 73 heavy (non-hydrogen) atoms. The van der Waals surface area contributed by atoms with Crippen molar-refractivity contribution < 1.29 is 14.2 Å². The summed E-state index contributed by atoms with van der Waals surface area (Å²) in [5.74, 6) is 5.51. The summed E-state index contributed by atoms with van der Waals surface area (Å²) in [5.41, 5.74) is 1.22. The van der Waals surface area contributed by atoms with Gasteiger partial charge in [-0.3, -0.25) is 0 Å². The highest BCUT2D eigenvalue weighted by Crippen LogP contribution is 2.19. The SMILES string of the molecule is C#CCCCCCCCCCCCCCCCCCCCCCCCCCCCCOCC(COCc1ccccc1)OCCCCCCCCCCCCCCCCCCCCCCCCCCCCC#C. The van der Waals surface area contributed by atoms with Gasteiger partial charge in [-0.2, -0.15) is 0 Å². The highest BCUT2D eigenvalue weighted by molar-refractivity contribution is 5.13. The van der Waals surface area contributed by atoms with Crippen molar-refractivity contribution in [1.29, 1.82) is 0 Å². The Bertz CT molecular complexity index is 1230. The van der Waals surface area contributed by atoms with Gasteiger partial charge in [-0.1, -0.05) is 339 Å². The van der Waals surface area contributed by atoms with E-state index < -0.39 is 0 Å². The van der Waals surface area contributed by atoms with E-state index in [0.29, 0.717) is 19.8 Å². The van der Waals surface area contributed by atoms with Crippen molar-refractivity contribution in [3.63, 3.8) is 0 Å². The van der Waals surface area contributed by atoms with Gasteiger partial charge in [-0.15, -0.1) is 24.7 Å². The van der Waals surface area contributed by atoms with Gasteiger partial charge in [0, 0.05) is 26.1 Å². The number of benzene rings is 1. The third kappa shape index (κ3) is 57.8. The largest absolute Gasteiger partial charge is 0.379 e. The summed E-state index contributed by atoms with van der Waals surface area (Å²) >= 11 is 0. The molecule has 0 aliphatic carbocycles. The molecule has 1 atom stereocenters. The van der Waals surface area contributed by atoms with Crippen molar-refractivity contribution in [2.45, 2.75) is 359 Å². The van der Waals surface area contributed by atoms with Gasteiger partial charge in [-0.25, -0.2) is 0 Å². The molecule has 0 fully saturated rings. The van der Waals surface area contributed by atoms with Crippen molar-refractivity contribution in [2.75, 3.05) is 26.4 Å². The van der Waals surface area contributed by atoms with Crippen LogP contribution in [0.2, 0.25) is 0 Å². The Labute approximate surface area is 458 Å². The molecule has 0 bridgehead atoms. The minimum absolute atomic E-state index is 0.0187. The number of hydrogen-bond acceptors (Lipinski definition) is 3. The standard InChI is InChI=1S/C70H126O3/c1-3-5-7-9-11-13-15-17-19-21-23-25-27-29-31-33-35-37-39-41-43-45-47-49-51-53-55-60-64-71-67-70(68-72-66-69-62-58-57-59-63-69)73-65-61-56-54-52-50-48-46-44-42-40-38-36-34-32-30-28-26-24-22-20-18-16-14-12-10-8-6-4-2/h1-2,57-59,62-63,70H,5-56,60-61,64-68H2. The number of hydrogen-bond donors (Lipinski definition) is 0. The third-order valence-corrected chi connectivity index (χ3v) is 15.6. The monoisotopic (exact) mass is 1010 g/mol. The summed E-state index contributed by atoms with van der Waals surface area (Å²) in [6, 6.07) is 10.5. The van der Waals surface area contributed by atoms with E-state index >= 15 is 0 Å². The molecule has 1 rings (SSSR count). The Morgan fingerprint density at radius 3 is 0.781 bits per heavy atom. The van der Waals surface area contributed by atoms with E-state index in [0.717, 1.165) is 38.9 Å². The maximum Gasteiger partial charge on any atom is 0.104 e. The molecule has 0 amide bonds. The van der Waals surface area contributed by atoms with Crippen molar-refractivity contribution >= 4 is 0 Å². The van der Waals surface area contributed by atoms with E-state index in [1.54, 1.807) is 0 Å². The van der Waals surface area contributed by atoms with Crippen LogP contribution in [0.3, 0.4) is 0 Å². The van der Waals surface area contributed by atoms with Crippen LogP contribution in [-0.2, 0) is 20.8 Å². The molecular formula is C70H126O3. The summed E-state index contributed by atoms with van der Waals surface area (Å²) in [6.45, 7) is 3.53. The topological polar surface area (TPSA) is 27.7 Å². The van der Waals surface area contributed by atoms with Crippen LogP contribution in [0.4, 0.5) is 0 Å². The van der Waals surface area contributed by atoms with Crippen LogP contribution in [0.25, 0.3) is 0 Å². The molecule has 0 saturated heterocycles. The maximum atomic E-state index is 6.35. The van der Waals surface area contributed by atoms with Crippen molar-refractivity contribution in [1.82, 2.24) is 0 Å². The second-order valence-corrected chi connectivity index (χ2v) is 22.9. The lowest BCUT2D eigenvalue weighted by Gasteiger charge is -2.18. The highest BCUT2D eigenvalue weighted by atomic mass is 16.6. The quantitative estimate of drug-likeness (QED) is 0.0481. The maximum absolute atomic E-state index is 6.35. The van der Waals surface area contributed by atoms with E-state index in [1.807, 2.05) is 0 Å². The van der Waals surface area contributed by atoms with Crippen LogP contribution in [0, 0.1) is 24.7 Å². The molecular weight excluding hydrogens is 889 g/mol. The molecule has 0 aliphatic heterocycles. The lowest BCUT2D eigenvalue weighted by atomic mass is 10.0. The average molecular weight is 1020 g/mol. The Kier molecular flexibility index (Phi) is 59.5. The van der Waals surface area contributed by atoms with E-state index in [9.17, 15) is 0 Å². The average Bonchev–Trinajstić information content (AvgIpc) is 3.41. The Morgan fingerprint density at radius 1 is 0.274 bits per heavy atom. The second-order valence-electron chi connectivity index (χ2n) is 22.9. The molecule has 3 heteroatoms. The van der Waals surface area contributed by atoms with Crippen LogP contribution in [0.15, 0.2) is 30.3 Å². The van der Waals surface area contributed by atoms with E-state index in [-0.39, 0.29) is 6.10 Å². The lowest BCUT2D eigenvalue weighted by Crippen LogP contribution is -2.26. The molecule has 0 radical (unpaired) electrons. The van der Waals surface area contributed by atoms with Crippen LogP contribution in [0.5, 0.6) is 0 Å². The van der Waals surface area contributed by atoms with Gasteiger partial charge in [0.15, 0.2) is 0 Å². The minimum atomic E-state index is 0.0187. The van der Waals surface area contributed by atoms with Crippen LogP contribution in [0.1, 0.15) is 352 Å². The first-order valence-electron chi connectivity index (χ1n) is 33.0. The van der Waals surface area contributed by atoms with Gasteiger partial charge < -0.3 is 14.2 Å². The molecule has 0 heterocycles. The molecule has 0 N–H and O–H groups in total. The van der Waals surface area contributed by atoms with E-state index in [1.165, 1.54) is 327 Å². The lowest BCUT2D eigenvalue weighted by molar-refractivity contribution is -0.0645. The molecule has 3 nitrogen and oxygen atoms in total. The van der Waals surface area contributed by atoms with Crippen LogP contribution in [-0.4, -0.2) is 32.5 Å². The van der Waals surface area contributed by atoms with Gasteiger partial charge in [0.05, 0.1) is 19.8 Å². The molecule has 1 aromatic rings. The van der Waals surface area contributed by atoms with E-state index in [2.05, 4.69) is 42.2 Å². The summed E-state index contributed by atoms with van der Waals surface area (Å²) < 4.78 is 18.6. The molecule has 0 aliphatic rings. The third-order valence-electron chi connectivity index (χ3n) is 15.6. The molecule has 1 aromatic carbocycles. The van der Waals surface area contributed by atoms with Crippen molar-refractivity contribution in [2.24, 2.45) is 0 Å².